The molecular weight excluding hydrogens is 497 g/mol. The van der Waals surface area contributed by atoms with Gasteiger partial charge in [0, 0.05) is 13.0 Å². The Morgan fingerprint density at radius 2 is 1.97 bits per heavy atom. The van der Waals surface area contributed by atoms with Gasteiger partial charge in [-0.2, -0.15) is 5.09 Å². The molecule has 2 heterocycles. The predicted octanol–water partition coefficient (Wildman–Crippen LogP) is 0.899. The van der Waals surface area contributed by atoms with E-state index >= 15 is 0 Å². The molecule has 2 aliphatic heterocycles. The van der Waals surface area contributed by atoms with E-state index in [1.807, 2.05) is 0 Å². The zero-order valence-corrected chi connectivity index (χ0v) is 21.3. The van der Waals surface area contributed by atoms with Gasteiger partial charge >= 0.3 is 19.7 Å². The van der Waals surface area contributed by atoms with Gasteiger partial charge in [0.1, 0.15) is 29.6 Å². The summed E-state index contributed by atoms with van der Waals surface area (Å²) in [5.41, 5.74) is -1.93. The Labute approximate surface area is 208 Å². The lowest BCUT2D eigenvalue weighted by atomic mass is 9.96. The van der Waals surface area contributed by atoms with Crippen molar-refractivity contribution in [3.63, 3.8) is 0 Å². The minimum Gasteiger partial charge on any atom is -0.462 e. The van der Waals surface area contributed by atoms with Gasteiger partial charge in [-0.1, -0.05) is 18.2 Å². The SMILES string of the molecule is CC(C)OC(=O)[C@H](C)NP(=O)(OC[C@H]1O[C@@H](N2CCC(=O)NC2=O)[C@@](C)(O)[C@@H]1O)Oc1ccccc1. The summed E-state index contributed by atoms with van der Waals surface area (Å²) >= 11 is 0. The van der Waals surface area contributed by atoms with Gasteiger partial charge in [0.25, 0.3) is 0 Å². The maximum Gasteiger partial charge on any atom is 0.459 e. The zero-order valence-electron chi connectivity index (χ0n) is 20.4. The third-order valence-electron chi connectivity index (χ3n) is 5.56. The summed E-state index contributed by atoms with van der Waals surface area (Å²) in [6, 6.07) is 6.24. The van der Waals surface area contributed by atoms with Crippen LogP contribution in [0, 0.1) is 0 Å². The fourth-order valence-electron chi connectivity index (χ4n) is 3.73. The van der Waals surface area contributed by atoms with Crippen LogP contribution in [0.15, 0.2) is 30.3 Å². The van der Waals surface area contributed by atoms with E-state index in [2.05, 4.69) is 10.4 Å². The summed E-state index contributed by atoms with van der Waals surface area (Å²) in [5, 5.41) is 26.2. The van der Waals surface area contributed by atoms with Crippen LogP contribution in [-0.4, -0.2) is 82.4 Å². The predicted molar refractivity (Wildman–Crippen MR) is 125 cm³/mol. The first-order chi connectivity index (χ1) is 16.8. The van der Waals surface area contributed by atoms with Crippen LogP contribution in [0.3, 0.4) is 0 Å². The second-order valence-electron chi connectivity index (χ2n) is 9.03. The van der Waals surface area contributed by atoms with Gasteiger partial charge in [0.15, 0.2) is 6.23 Å². The molecule has 2 fully saturated rings. The number of hydrogen-bond donors (Lipinski definition) is 4. The van der Waals surface area contributed by atoms with E-state index in [-0.39, 0.29) is 18.7 Å². The molecule has 1 unspecified atom stereocenters. The van der Waals surface area contributed by atoms with Crippen molar-refractivity contribution in [2.24, 2.45) is 0 Å². The maximum absolute atomic E-state index is 13.6. The van der Waals surface area contributed by atoms with Crippen molar-refractivity contribution in [3.8, 4) is 5.75 Å². The highest BCUT2D eigenvalue weighted by Gasteiger charge is 2.56. The lowest BCUT2D eigenvalue weighted by molar-refractivity contribution is -0.149. The van der Waals surface area contributed by atoms with Gasteiger partial charge in [-0.25, -0.2) is 9.36 Å². The molecule has 3 amide bonds. The Kier molecular flexibility index (Phi) is 8.75. The fourth-order valence-corrected chi connectivity index (χ4v) is 5.23. The molecular formula is C22H32N3O10P. The van der Waals surface area contributed by atoms with E-state index in [9.17, 15) is 29.2 Å². The summed E-state index contributed by atoms with van der Waals surface area (Å²) in [4.78, 5) is 37.1. The number of aliphatic hydroxyl groups is 2. The minimum absolute atomic E-state index is 0.00660. The van der Waals surface area contributed by atoms with Crippen LogP contribution in [0.1, 0.15) is 34.1 Å². The van der Waals surface area contributed by atoms with E-state index in [1.165, 1.54) is 26.0 Å². The van der Waals surface area contributed by atoms with E-state index in [0.717, 1.165) is 4.90 Å². The topological polar surface area (TPSA) is 173 Å². The first-order valence-corrected chi connectivity index (χ1v) is 13.0. The molecule has 0 aliphatic carbocycles. The number of esters is 1. The molecule has 0 saturated carbocycles. The van der Waals surface area contributed by atoms with Crippen molar-refractivity contribution >= 4 is 25.7 Å². The molecule has 200 valence electrons. The second-order valence-corrected chi connectivity index (χ2v) is 10.7. The number of hydrogen-bond acceptors (Lipinski definition) is 10. The quantitative estimate of drug-likeness (QED) is 0.250. The molecule has 4 N–H and O–H groups in total. The normalized spacial score (nSPS) is 29.0. The van der Waals surface area contributed by atoms with E-state index in [0.29, 0.717) is 0 Å². The highest BCUT2D eigenvalue weighted by molar-refractivity contribution is 7.52. The number of nitrogens with one attached hydrogen (secondary N) is 2. The summed E-state index contributed by atoms with van der Waals surface area (Å²) in [6.45, 7) is 5.47. The number of benzene rings is 1. The van der Waals surface area contributed by atoms with Crippen LogP contribution in [0.2, 0.25) is 0 Å². The molecule has 36 heavy (non-hydrogen) atoms. The molecule has 14 heteroatoms. The Hall–Kier alpha value is -2.54. The van der Waals surface area contributed by atoms with Crippen LogP contribution >= 0.6 is 7.75 Å². The standard InChI is InChI=1S/C22H32N3O10P/c1-13(2)33-19(28)14(3)24-36(31,35-15-8-6-5-7-9-15)32-12-16-18(27)22(4,30)20(34-16)25-11-10-17(26)23-21(25)29/h5-9,13-14,16,18,20,27,30H,10-12H2,1-4H3,(H,24,31)(H,23,26,29)/t14-,16+,18+,20+,22-,36?/m0/s1. The number of carbonyl (C=O) groups excluding carboxylic acids is 3. The number of carbonyl (C=O) groups is 3. The minimum atomic E-state index is -4.25. The molecule has 0 radical (unpaired) electrons. The van der Waals surface area contributed by atoms with E-state index < -0.39 is 68.4 Å². The van der Waals surface area contributed by atoms with Crippen LogP contribution in [-0.2, 0) is 28.2 Å². The van der Waals surface area contributed by atoms with E-state index in [4.69, 9.17) is 18.5 Å². The lowest BCUT2D eigenvalue weighted by Crippen LogP contribution is -2.60. The van der Waals surface area contributed by atoms with Crippen LogP contribution in [0.5, 0.6) is 5.75 Å². The maximum atomic E-state index is 13.6. The largest absolute Gasteiger partial charge is 0.462 e. The molecule has 0 aromatic heterocycles. The van der Waals surface area contributed by atoms with Crippen molar-refractivity contribution in [2.45, 2.75) is 70.3 Å². The molecule has 3 rings (SSSR count). The van der Waals surface area contributed by atoms with Gasteiger partial charge in [0.2, 0.25) is 5.91 Å². The molecule has 6 atom stereocenters. The molecule has 0 spiro atoms. The molecule has 1 aromatic rings. The van der Waals surface area contributed by atoms with Gasteiger partial charge in [-0.3, -0.25) is 24.3 Å². The first-order valence-electron chi connectivity index (χ1n) is 11.5. The molecule has 13 nitrogen and oxygen atoms in total. The number of aliphatic hydroxyl groups excluding tert-OH is 1. The van der Waals surface area contributed by atoms with Crippen molar-refractivity contribution in [1.29, 1.82) is 0 Å². The second kappa shape index (κ2) is 11.2. The summed E-state index contributed by atoms with van der Waals surface area (Å²) in [7, 11) is -4.25. The fraction of sp³-hybridized carbons (Fsp3) is 0.591. The average molecular weight is 529 g/mol. The van der Waals surface area contributed by atoms with E-state index in [1.54, 1.807) is 32.0 Å². The Balaban J connectivity index is 1.74. The number of ether oxygens (including phenoxy) is 2. The summed E-state index contributed by atoms with van der Waals surface area (Å²) < 4.78 is 35.5. The number of nitrogens with zero attached hydrogens (tertiary/aromatic N) is 1. The monoisotopic (exact) mass is 529 g/mol. The van der Waals surface area contributed by atoms with Crippen molar-refractivity contribution < 1.29 is 47.7 Å². The van der Waals surface area contributed by atoms with Crippen LogP contribution in [0.25, 0.3) is 0 Å². The van der Waals surface area contributed by atoms with Crippen molar-refractivity contribution in [3.05, 3.63) is 30.3 Å². The highest BCUT2D eigenvalue weighted by Crippen LogP contribution is 2.46. The number of rotatable bonds is 10. The van der Waals surface area contributed by atoms with Gasteiger partial charge in [0.05, 0.1) is 12.7 Å². The molecule has 1 aromatic carbocycles. The van der Waals surface area contributed by atoms with Gasteiger partial charge in [-0.15, -0.1) is 0 Å². The van der Waals surface area contributed by atoms with Crippen molar-refractivity contribution in [1.82, 2.24) is 15.3 Å². The van der Waals surface area contributed by atoms with Crippen molar-refractivity contribution in [2.75, 3.05) is 13.2 Å². The Morgan fingerprint density at radius 1 is 1.31 bits per heavy atom. The third-order valence-corrected chi connectivity index (χ3v) is 7.20. The number of para-hydroxylation sites is 1. The Bertz CT molecular complexity index is 1010. The summed E-state index contributed by atoms with van der Waals surface area (Å²) in [6.07, 6.45) is -4.51. The zero-order chi connectivity index (χ0) is 26.7. The Morgan fingerprint density at radius 3 is 2.58 bits per heavy atom. The first kappa shape index (κ1) is 28.0. The lowest BCUT2D eigenvalue weighted by Gasteiger charge is -2.37. The number of urea groups is 1. The molecule has 2 aliphatic rings. The van der Waals surface area contributed by atoms with Crippen LogP contribution < -0.4 is 14.9 Å². The van der Waals surface area contributed by atoms with Gasteiger partial charge in [-0.05, 0) is 39.8 Å². The highest BCUT2D eigenvalue weighted by atomic mass is 31.2. The third kappa shape index (κ3) is 6.61. The van der Waals surface area contributed by atoms with Gasteiger partial charge < -0.3 is 24.2 Å². The summed E-state index contributed by atoms with van der Waals surface area (Å²) in [5.74, 6) is -0.967. The molecule has 0 bridgehead atoms. The van der Waals surface area contributed by atoms with Crippen LogP contribution in [0.4, 0.5) is 4.79 Å². The number of amides is 3. The smallest absolute Gasteiger partial charge is 0.459 e. The molecule has 2 saturated heterocycles. The number of imide groups is 1. The average Bonchev–Trinajstić information content (AvgIpc) is 3.01.